The second-order valence-corrected chi connectivity index (χ2v) is 2.23. The smallest absolute Gasteiger partial charge is 0.222 e. The van der Waals surface area contributed by atoms with Gasteiger partial charge in [0.05, 0.1) is 6.26 Å². The lowest BCUT2D eigenvalue weighted by molar-refractivity contribution is 0.102. The minimum absolute atomic E-state index is 0.124. The van der Waals surface area contributed by atoms with Gasteiger partial charge in [0.25, 0.3) is 0 Å². The van der Waals surface area contributed by atoms with Gasteiger partial charge in [-0.15, -0.1) is 0 Å². The minimum atomic E-state index is -0.124. The van der Waals surface area contributed by atoms with Crippen molar-refractivity contribution in [1.82, 2.24) is 5.32 Å². The maximum atomic E-state index is 11.2. The van der Waals surface area contributed by atoms with Gasteiger partial charge in [-0.1, -0.05) is 0 Å². The Morgan fingerprint density at radius 1 is 1.75 bits per heavy atom. The highest BCUT2D eigenvalue weighted by Crippen LogP contribution is 2.01. The van der Waals surface area contributed by atoms with Gasteiger partial charge in [0.1, 0.15) is 0 Å². The van der Waals surface area contributed by atoms with Crippen LogP contribution in [-0.2, 0) is 0 Å². The van der Waals surface area contributed by atoms with Crippen LogP contribution >= 0.6 is 0 Å². The van der Waals surface area contributed by atoms with E-state index in [9.17, 15) is 4.79 Å². The average Bonchev–Trinajstić information content (AvgIpc) is 2.56. The first-order valence-corrected chi connectivity index (χ1v) is 3.82. The Balaban J connectivity index is 2.50. The third-order valence-electron chi connectivity index (χ3n) is 1.32. The molecule has 12 heavy (non-hydrogen) atoms. The molecular weight excluding hydrogens is 154 g/mol. The summed E-state index contributed by atoms with van der Waals surface area (Å²) in [5.74, 6) is 0.241. The summed E-state index contributed by atoms with van der Waals surface area (Å²) in [7, 11) is 0. The van der Waals surface area contributed by atoms with Crippen LogP contribution in [0.2, 0.25) is 0 Å². The van der Waals surface area contributed by atoms with Crippen LogP contribution in [0.3, 0.4) is 0 Å². The fourth-order valence-corrected chi connectivity index (χ4v) is 0.753. The summed E-state index contributed by atoms with van der Waals surface area (Å²) in [6.07, 6.45) is 4.54. The van der Waals surface area contributed by atoms with E-state index in [0.29, 0.717) is 5.76 Å². The highest BCUT2D eigenvalue weighted by atomic mass is 16.3. The molecule has 0 spiro atoms. The fourth-order valence-electron chi connectivity index (χ4n) is 0.753. The van der Waals surface area contributed by atoms with Crippen molar-refractivity contribution in [2.75, 3.05) is 6.54 Å². The first-order valence-electron chi connectivity index (χ1n) is 3.82. The van der Waals surface area contributed by atoms with Crippen molar-refractivity contribution < 1.29 is 9.21 Å². The molecule has 1 aromatic rings. The molecule has 0 saturated carbocycles. The van der Waals surface area contributed by atoms with Gasteiger partial charge in [0, 0.05) is 18.8 Å². The van der Waals surface area contributed by atoms with Crippen LogP contribution in [0.5, 0.6) is 0 Å². The Morgan fingerprint density at radius 2 is 2.58 bits per heavy atom. The largest absolute Gasteiger partial charge is 0.461 e. The molecule has 64 valence electrons. The number of nitrogens with one attached hydrogen (secondary N) is 1. The van der Waals surface area contributed by atoms with Crippen molar-refractivity contribution in [3.8, 4) is 0 Å². The zero-order valence-electron chi connectivity index (χ0n) is 6.91. The molecule has 3 nitrogen and oxygen atoms in total. The number of carbonyl (C=O) groups is 1. The van der Waals surface area contributed by atoms with Crippen molar-refractivity contribution >= 4 is 5.78 Å². The second kappa shape index (κ2) is 4.38. The standard InChI is InChI=1S/C9H11NO2/c1-2-10-6-5-8(11)9-4-3-7-12-9/h3-7,10H,2H2,1H3/b6-5-. The van der Waals surface area contributed by atoms with Crippen molar-refractivity contribution in [2.24, 2.45) is 0 Å². The highest BCUT2D eigenvalue weighted by Gasteiger charge is 2.02. The Hall–Kier alpha value is -1.51. The van der Waals surface area contributed by atoms with Crippen LogP contribution in [0, 0.1) is 0 Å². The normalized spacial score (nSPS) is 10.4. The van der Waals surface area contributed by atoms with Crippen LogP contribution in [0.15, 0.2) is 35.1 Å². The third-order valence-corrected chi connectivity index (χ3v) is 1.32. The lowest BCUT2D eigenvalue weighted by Crippen LogP contribution is -2.03. The number of hydrogen-bond donors (Lipinski definition) is 1. The van der Waals surface area contributed by atoms with E-state index in [4.69, 9.17) is 4.42 Å². The van der Waals surface area contributed by atoms with E-state index in [-0.39, 0.29) is 5.78 Å². The van der Waals surface area contributed by atoms with E-state index in [1.54, 1.807) is 18.3 Å². The molecule has 0 aliphatic carbocycles. The summed E-state index contributed by atoms with van der Waals surface area (Å²) in [4.78, 5) is 11.2. The molecule has 0 bridgehead atoms. The summed E-state index contributed by atoms with van der Waals surface area (Å²) in [5.41, 5.74) is 0. The summed E-state index contributed by atoms with van der Waals surface area (Å²) in [6.45, 7) is 2.77. The van der Waals surface area contributed by atoms with Crippen LogP contribution in [0.25, 0.3) is 0 Å². The number of hydrogen-bond acceptors (Lipinski definition) is 3. The van der Waals surface area contributed by atoms with Crippen LogP contribution in [0.4, 0.5) is 0 Å². The molecule has 0 saturated heterocycles. The van der Waals surface area contributed by atoms with Crippen molar-refractivity contribution in [3.63, 3.8) is 0 Å². The van der Waals surface area contributed by atoms with E-state index in [1.165, 1.54) is 12.3 Å². The monoisotopic (exact) mass is 165 g/mol. The van der Waals surface area contributed by atoms with Crippen molar-refractivity contribution in [3.05, 3.63) is 36.4 Å². The average molecular weight is 165 g/mol. The molecule has 0 aliphatic rings. The lowest BCUT2D eigenvalue weighted by atomic mass is 10.3. The predicted molar refractivity (Wildman–Crippen MR) is 45.9 cm³/mol. The molecule has 1 aromatic heterocycles. The fraction of sp³-hybridized carbons (Fsp3) is 0.222. The van der Waals surface area contributed by atoms with Crippen LogP contribution in [0.1, 0.15) is 17.5 Å². The Morgan fingerprint density at radius 3 is 3.17 bits per heavy atom. The molecule has 0 aliphatic heterocycles. The van der Waals surface area contributed by atoms with E-state index in [0.717, 1.165) is 6.54 Å². The molecule has 0 unspecified atom stereocenters. The minimum Gasteiger partial charge on any atom is -0.461 e. The number of rotatable bonds is 4. The van der Waals surface area contributed by atoms with E-state index in [1.807, 2.05) is 6.92 Å². The molecule has 1 heterocycles. The predicted octanol–water partition coefficient (Wildman–Crippen LogP) is 1.59. The summed E-state index contributed by atoms with van der Waals surface area (Å²) in [6, 6.07) is 3.33. The van der Waals surface area contributed by atoms with Gasteiger partial charge in [-0.3, -0.25) is 4.79 Å². The number of ketones is 1. The number of allylic oxidation sites excluding steroid dienone is 1. The zero-order valence-corrected chi connectivity index (χ0v) is 6.91. The van der Waals surface area contributed by atoms with Gasteiger partial charge in [-0.05, 0) is 19.1 Å². The molecule has 0 radical (unpaired) electrons. The lowest BCUT2D eigenvalue weighted by Gasteiger charge is -1.90. The molecule has 3 heteroatoms. The zero-order chi connectivity index (χ0) is 8.81. The van der Waals surface area contributed by atoms with E-state index < -0.39 is 0 Å². The van der Waals surface area contributed by atoms with E-state index in [2.05, 4.69) is 5.32 Å². The van der Waals surface area contributed by atoms with Crippen LogP contribution < -0.4 is 5.32 Å². The number of carbonyl (C=O) groups excluding carboxylic acids is 1. The first-order chi connectivity index (χ1) is 5.84. The molecule has 1 rings (SSSR count). The van der Waals surface area contributed by atoms with Gasteiger partial charge in [0.15, 0.2) is 5.76 Å². The Bertz CT molecular complexity index is 262. The topological polar surface area (TPSA) is 42.2 Å². The van der Waals surface area contributed by atoms with Gasteiger partial charge in [-0.25, -0.2) is 0 Å². The number of furan rings is 1. The maximum Gasteiger partial charge on any atom is 0.222 e. The summed E-state index contributed by atoms with van der Waals surface area (Å²) >= 11 is 0. The molecular formula is C9H11NO2. The van der Waals surface area contributed by atoms with Gasteiger partial charge >= 0.3 is 0 Å². The van der Waals surface area contributed by atoms with Crippen molar-refractivity contribution in [1.29, 1.82) is 0 Å². The molecule has 0 aromatic carbocycles. The maximum absolute atomic E-state index is 11.2. The highest BCUT2D eigenvalue weighted by molar-refractivity contribution is 6.02. The second-order valence-electron chi connectivity index (χ2n) is 2.23. The third kappa shape index (κ3) is 2.27. The molecule has 0 amide bonds. The van der Waals surface area contributed by atoms with Crippen molar-refractivity contribution in [2.45, 2.75) is 6.92 Å². The molecule has 0 fully saturated rings. The first kappa shape index (κ1) is 8.59. The van der Waals surface area contributed by atoms with Gasteiger partial charge in [-0.2, -0.15) is 0 Å². The SMILES string of the molecule is CCN/C=C\C(=O)c1ccco1. The summed E-state index contributed by atoms with van der Waals surface area (Å²) < 4.78 is 4.90. The van der Waals surface area contributed by atoms with E-state index >= 15 is 0 Å². The molecule has 1 N–H and O–H groups in total. The van der Waals surface area contributed by atoms with Crippen LogP contribution in [-0.4, -0.2) is 12.3 Å². The van der Waals surface area contributed by atoms with Gasteiger partial charge in [0.2, 0.25) is 5.78 Å². The Labute approximate surface area is 71.1 Å². The Kier molecular flexibility index (Phi) is 3.14. The van der Waals surface area contributed by atoms with Gasteiger partial charge < -0.3 is 9.73 Å². The summed E-state index contributed by atoms with van der Waals surface area (Å²) in [5, 5.41) is 2.90. The molecule has 0 atom stereocenters. The quantitative estimate of drug-likeness (QED) is 0.544.